The molecular formula is C12H17ClO2S. The minimum absolute atomic E-state index is 0.410. The summed E-state index contributed by atoms with van der Waals surface area (Å²) in [6, 6.07) is 7.60. The summed E-state index contributed by atoms with van der Waals surface area (Å²) < 4.78 is 5.27. The molecule has 1 rings (SSSR count). The highest BCUT2D eigenvalue weighted by atomic mass is 35.5. The molecule has 0 radical (unpaired) electrons. The average Bonchev–Trinajstić information content (AvgIpc) is 2.29. The van der Waals surface area contributed by atoms with Crippen molar-refractivity contribution in [3.8, 4) is 0 Å². The lowest BCUT2D eigenvalue weighted by molar-refractivity contribution is 0.0489. The van der Waals surface area contributed by atoms with Crippen molar-refractivity contribution in [1.29, 1.82) is 0 Å². The molecule has 0 aliphatic carbocycles. The van der Waals surface area contributed by atoms with Crippen LogP contribution in [-0.2, 0) is 4.74 Å². The lowest BCUT2D eigenvalue weighted by Gasteiger charge is -2.10. The van der Waals surface area contributed by atoms with Crippen LogP contribution < -0.4 is 0 Å². The van der Waals surface area contributed by atoms with Gasteiger partial charge in [0.25, 0.3) is 0 Å². The molecule has 0 amide bonds. The van der Waals surface area contributed by atoms with E-state index in [1.165, 1.54) is 0 Å². The first-order valence-corrected chi connectivity index (χ1v) is 6.73. The molecule has 0 bridgehead atoms. The fourth-order valence-corrected chi connectivity index (χ4v) is 2.07. The molecule has 0 aliphatic heterocycles. The Kier molecular flexibility index (Phi) is 6.88. The summed E-state index contributed by atoms with van der Waals surface area (Å²) in [7, 11) is 0. The summed E-state index contributed by atoms with van der Waals surface area (Å²) in [6.45, 7) is 3.17. The Labute approximate surface area is 106 Å². The van der Waals surface area contributed by atoms with E-state index < -0.39 is 6.10 Å². The quantitative estimate of drug-likeness (QED) is 0.603. The van der Waals surface area contributed by atoms with E-state index in [4.69, 9.17) is 16.3 Å². The molecule has 0 spiro atoms. The van der Waals surface area contributed by atoms with Crippen molar-refractivity contribution in [2.24, 2.45) is 0 Å². The summed E-state index contributed by atoms with van der Waals surface area (Å²) in [5.74, 6) is 0.644. The maximum absolute atomic E-state index is 9.62. The van der Waals surface area contributed by atoms with Crippen LogP contribution >= 0.6 is 23.4 Å². The minimum Gasteiger partial charge on any atom is -0.390 e. The van der Waals surface area contributed by atoms with Crippen LogP contribution in [0.5, 0.6) is 0 Å². The maximum Gasteiger partial charge on any atom is 0.0867 e. The molecule has 0 aliphatic rings. The van der Waals surface area contributed by atoms with Gasteiger partial charge >= 0.3 is 0 Å². The van der Waals surface area contributed by atoms with E-state index in [1.54, 1.807) is 11.8 Å². The van der Waals surface area contributed by atoms with Gasteiger partial charge in [0.15, 0.2) is 0 Å². The van der Waals surface area contributed by atoms with E-state index in [9.17, 15) is 5.11 Å². The second-order valence-electron chi connectivity index (χ2n) is 3.49. The molecule has 1 aromatic rings. The van der Waals surface area contributed by atoms with E-state index in [2.05, 4.69) is 6.92 Å². The lowest BCUT2D eigenvalue weighted by atomic mass is 10.4. The highest BCUT2D eigenvalue weighted by molar-refractivity contribution is 7.99. The molecule has 0 saturated carbocycles. The molecule has 1 N–H and O–H groups in total. The number of hydrogen-bond acceptors (Lipinski definition) is 3. The van der Waals surface area contributed by atoms with Gasteiger partial charge in [-0.3, -0.25) is 0 Å². The van der Waals surface area contributed by atoms with Crippen molar-refractivity contribution in [2.75, 3.05) is 19.0 Å². The fourth-order valence-electron chi connectivity index (χ4n) is 1.14. The summed E-state index contributed by atoms with van der Waals surface area (Å²) in [5.41, 5.74) is 0. The van der Waals surface area contributed by atoms with Crippen LogP contribution in [0.4, 0.5) is 0 Å². The third-order valence-corrected chi connectivity index (χ3v) is 3.32. The van der Waals surface area contributed by atoms with E-state index in [0.717, 1.165) is 16.3 Å². The van der Waals surface area contributed by atoms with Crippen molar-refractivity contribution < 1.29 is 9.84 Å². The highest BCUT2D eigenvalue weighted by Gasteiger charge is 2.04. The predicted molar refractivity (Wildman–Crippen MR) is 69.3 cm³/mol. The molecule has 0 saturated heterocycles. The number of benzene rings is 1. The molecule has 0 fully saturated rings. The second-order valence-corrected chi connectivity index (χ2v) is 5.02. The van der Waals surface area contributed by atoms with E-state index >= 15 is 0 Å². The SMILES string of the molecule is CCCOCC(O)CSc1ccc(Cl)cc1. The van der Waals surface area contributed by atoms with Crippen LogP contribution in [0.15, 0.2) is 29.2 Å². The molecule has 90 valence electrons. The summed E-state index contributed by atoms with van der Waals surface area (Å²) in [6.07, 6.45) is 0.573. The Balaban J connectivity index is 2.20. The zero-order chi connectivity index (χ0) is 11.8. The zero-order valence-corrected chi connectivity index (χ0v) is 10.9. The third-order valence-electron chi connectivity index (χ3n) is 1.91. The van der Waals surface area contributed by atoms with Crippen molar-refractivity contribution >= 4 is 23.4 Å². The highest BCUT2D eigenvalue weighted by Crippen LogP contribution is 2.20. The van der Waals surface area contributed by atoms with Gasteiger partial charge in [0.1, 0.15) is 0 Å². The molecule has 1 atom stereocenters. The van der Waals surface area contributed by atoms with Gasteiger partial charge in [-0.25, -0.2) is 0 Å². The van der Waals surface area contributed by atoms with Gasteiger partial charge in [-0.2, -0.15) is 0 Å². The van der Waals surface area contributed by atoms with Crippen molar-refractivity contribution in [3.05, 3.63) is 29.3 Å². The lowest BCUT2D eigenvalue weighted by Crippen LogP contribution is -2.18. The first-order chi connectivity index (χ1) is 7.72. The fraction of sp³-hybridized carbons (Fsp3) is 0.500. The molecule has 2 nitrogen and oxygen atoms in total. The standard InChI is InChI=1S/C12H17ClO2S/c1-2-7-15-8-11(14)9-16-12-5-3-10(13)4-6-12/h3-6,11,14H,2,7-9H2,1H3. The van der Waals surface area contributed by atoms with E-state index in [0.29, 0.717) is 19.0 Å². The monoisotopic (exact) mass is 260 g/mol. The number of aliphatic hydroxyl groups excluding tert-OH is 1. The number of halogens is 1. The van der Waals surface area contributed by atoms with Gasteiger partial charge in [-0.1, -0.05) is 18.5 Å². The Morgan fingerprint density at radius 3 is 2.69 bits per heavy atom. The first kappa shape index (κ1) is 13.8. The Morgan fingerprint density at radius 2 is 2.06 bits per heavy atom. The third kappa shape index (κ3) is 5.75. The van der Waals surface area contributed by atoms with E-state index in [1.807, 2.05) is 24.3 Å². The molecule has 0 heterocycles. The number of aliphatic hydroxyl groups is 1. The molecule has 1 unspecified atom stereocenters. The molecule has 16 heavy (non-hydrogen) atoms. The zero-order valence-electron chi connectivity index (χ0n) is 9.36. The Morgan fingerprint density at radius 1 is 1.38 bits per heavy atom. The Hall–Kier alpha value is -0.220. The maximum atomic E-state index is 9.62. The van der Waals surface area contributed by atoms with Gasteiger partial charge in [0, 0.05) is 22.3 Å². The van der Waals surface area contributed by atoms with E-state index in [-0.39, 0.29) is 0 Å². The van der Waals surface area contributed by atoms with Crippen molar-refractivity contribution in [2.45, 2.75) is 24.3 Å². The Bertz CT molecular complexity index is 290. The van der Waals surface area contributed by atoms with Crippen LogP contribution in [0.3, 0.4) is 0 Å². The smallest absolute Gasteiger partial charge is 0.0867 e. The van der Waals surface area contributed by atoms with Crippen LogP contribution in [0, 0.1) is 0 Å². The van der Waals surface area contributed by atoms with Gasteiger partial charge in [0.05, 0.1) is 12.7 Å². The normalized spacial score (nSPS) is 12.7. The first-order valence-electron chi connectivity index (χ1n) is 5.36. The van der Waals surface area contributed by atoms with Crippen LogP contribution in [0.1, 0.15) is 13.3 Å². The minimum atomic E-state index is -0.410. The number of ether oxygens (including phenoxy) is 1. The van der Waals surface area contributed by atoms with Crippen molar-refractivity contribution in [1.82, 2.24) is 0 Å². The van der Waals surface area contributed by atoms with Gasteiger partial charge in [-0.15, -0.1) is 11.8 Å². The average molecular weight is 261 g/mol. The largest absolute Gasteiger partial charge is 0.390 e. The molecular weight excluding hydrogens is 244 g/mol. The van der Waals surface area contributed by atoms with Gasteiger partial charge in [0.2, 0.25) is 0 Å². The van der Waals surface area contributed by atoms with Crippen LogP contribution in [0.2, 0.25) is 5.02 Å². The molecule has 1 aromatic carbocycles. The van der Waals surface area contributed by atoms with Gasteiger partial charge in [-0.05, 0) is 30.7 Å². The summed E-state index contributed by atoms with van der Waals surface area (Å²) >= 11 is 7.39. The molecule has 0 aromatic heterocycles. The van der Waals surface area contributed by atoms with Crippen molar-refractivity contribution in [3.63, 3.8) is 0 Å². The summed E-state index contributed by atoms with van der Waals surface area (Å²) in [5, 5.41) is 10.4. The van der Waals surface area contributed by atoms with Crippen LogP contribution in [-0.4, -0.2) is 30.2 Å². The second kappa shape index (κ2) is 7.96. The number of rotatable bonds is 7. The predicted octanol–water partition coefficient (Wildman–Crippen LogP) is 3.22. The van der Waals surface area contributed by atoms with Crippen LogP contribution in [0.25, 0.3) is 0 Å². The molecule has 4 heteroatoms. The van der Waals surface area contributed by atoms with Gasteiger partial charge < -0.3 is 9.84 Å². The topological polar surface area (TPSA) is 29.5 Å². The summed E-state index contributed by atoms with van der Waals surface area (Å²) in [4.78, 5) is 1.11. The number of thioether (sulfide) groups is 1. The number of hydrogen-bond donors (Lipinski definition) is 1.